The minimum atomic E-state index is -0.708. The molecule has 0 aliphatic rings. The van der Waals surface area contributed by atoms with Crippen LogP contribution in [0.15, 0.2) is 0 Å². The van der Waals surface area contributed by atoms with Crippen molar-refractivity contribution in [2.75, 3.05) is 54.1 Å². The molecular weight excluding hydrogens is 234 g/mol. The zero-order valence-corrected chi connectivity index (χ0v) is 11.4. The topological polar surface area (TPSA) is 80.9 Å². The third-order valence-corrected chi connectivity index (χ3v) is 1.92. The number of hydrogen-bond donors (Lipinski definition) is 4. The first-order valence-electron chi connectivity index (χ1n) is 4.98. The number of aliphatic hydroxyl groups is 4. The molecule has 0 aromatic heterocycles. The van der Waals surface area contributed by atoms with Crippen LogP contribution in [0.3, 0.4) is 0 Å². The molecule has 0 saturated heterocycles. The lowest BCUT2D eigenvalue weighted by atomic mass is 9.95. The Balaban J connectivity index is -0.000000200. The first-order valence-corrected chi connectivity index (χ1v) is 4.98. The van der Waals surface area contributed by atoms with Gasteiger partial charge in [-0.15, -0.1) is 0 Å². The van der Waals surface area contributed by atoms with Crippen molar-refractivity contribution in [1.82, 2.24) is 0 Å². The van der Waals surface area contributed by atoms with Gasteiger partial charge in [-0.3, -0.25) is 0 Å². The van der Waals surface area contributed by atoms with E-state index in [4.69, 9.17) is 20.4 Å². The molecule has 16 heavy (non-hydrogen) atoms. The third-order valence-electron chi connectivity index (χ3n) is 1.92. The van der Waals surface area contributed by atoms with E-state index in [-0.39, 0.29) is 38.8 Å². The van der Waals surface area contributed by atoms with Crippen LogP contribution in [0.25, 0.3) is 0 Å². The van der Waals surface area contributed by atoms with Gasteiger partial charge in [0.25, 0.3) is 0 Å². The van der Waals surface area contributed by atoms with Crippen molar-refractivity contribution in [3.05, 3.63) is 0 Å². The van der Waals surface area contributed by atoms with Gasteiger partial charge in [-0.2, -0.15) is 0 Å². The van der Waals surface area contributed by atoms with Crippen molar-refractivity contribution < 1.29 is 37.3 Å². The molecule has 0 fully saturated rings. The Hall–Kier alpha value is 0.0900. The average Bonchev–Trinajstić information content (AvgIpc) is 2.16. The summed E-state index contributed by atoms with van der Waals surface area (Å²) < 4.78 is 0.844. The quantitative estimate of drug-likeness (QED) is 0.377. The molecule has 0 amide bonds. The van der Waals surface area contributed by atoms with Crippen molar-refractivity contribution >= 4 is 0 Å². The van der Waals surface area contributed by atoms with E-state index >= 15 is 0 Å². The Morgan fingerprint density at radius 2 is 1.19 bits per heavy atom. The van der Waals surface area contributed by atoms with E-state index in [2.05, 4.69) is 21.1 Å². The summed E-state index contributed by atoms with van der Waals surface area (Å²) >= 11 is 0. The maximum absolute atomic E-state index is 8.47. The highest BCUT2D eigenvalue weighted by molar-refractivity contribution is 4.69. The first-order chi connectivity index (χ1) is 6.74. The Kier molecular flexibility index (Phi) is 13.7. The lowest BCUT2D eigenvalue weighted by Crippen LogP contribution is -3.00. The molecule has 0 spiro atoms. The van der Waals surface area contributed by atoms with Crippen molar-refractivity contribution in [3.63, 3.8) is 0 Å². The van der Waals surface area contributed by atoms with Crippen molar-refractivity contribution in [2.45, 2.75) is 6.92 Å². The van der Waals surface area contributed by atoms with Gasteiger partial charge in [0.15, 0.2) is 0 Å². The number of nitrogens with zero attached hydrogens (tertiary/aromatic N) is 1. The van der Waals surface area contributed by atoms with Crippen LogP contribution in [0.5, 0.6) is 0 Å². The molecule has 0 aliphatic carbocycles. The van der Waals surface area contributed by atoms with E-state index in [1.165, 1.54) is 0 Å². The molecule has 4 N–H and O–H groups in total. The lowest BCUT2D eigenvalue weighted by Gasteiger charge is -2.21. The van der Waals surface area contributed by atoms with Crippen molar-refractivity contribution in [2.24, 2.45) is 5.41 Å². The summed E-state index contributed by atoms with van der Waals surface area (Å²) in [6, 6.07) is 0. The molecule has 0 unspecified atom stereocenters. The largest absolute Gasteiger partial charge is 1.00 e. The molecule has 0 aromatic carbocycles. The van der Waals surface area contributed by atoms with Crippen LogP contribution in [-0.4, -0.2) is 79.0 Å². The molecule has 0 rings (SSSR count). The molecule has 0 bridgehead atoms. The fraction of sp³-hybridized carbons (Fsp3) is 1.00. The van der Waals surface area contributed by atoms with Gasteiger partial charge in [-0.25, -0.2) is 0 Å². The zero-order valence-electron chi connectivity index (χ0n) is 10.6. The molecule has 6 heteroatoms. The fourth-order valence-corrected chi connectivity index (χ4v) is 0.450. The second-order valence-electron chi connectivity index (χ2n) is 5.02. The van der Waals surface area contributed by atoms with Gasteiger partial charge in [0.2, 0.25) is 0 Å². The normalized spacial score (nSPS) is 11.2. The van der Waals surface area contributed by atoms with Gasteiger partial charge in [0, 0.05) is 5.41 Å². The first kappa shape index (κ1) is 21.4. The number of quaternary nitrogens is 1. The third kappa shape index (κ3) is 14.1. The van der Waals surface area contributed by atoms with Crippen molar-refractivity contribution in [3.8, 4) is 0 Å². The van der Waals surface area contributed by atoms with Crippen LogP contribution in [0.4, 0.5) is 0 Å². The van der Waals surface area contributed by atoms with E-state index in [1.54, 1.807) is 6.92 Å². The van der Waals surface area contributed by atoms with E-state index in [0.29, 0.717) is 0 Å². The minimum absolute atomic E-state index is 0. The van der Waals surface area contributed by atoms with Gasteiger partial charge in [-0.05, 0) is 0 Å². The van der Waals surface area contributed by atoms with Gasteiger partial charge in [-0.1, -0.05) is 6.92 Å². The molecule has 102 valence electrons. The number of halogens is 1. The fourth-order valence-electron chi connectivity index (χ4n) is 0.450. The maximum atomic E-state index is 8.47. The van der Waals surface area contributed by atoms with E-state index < -0.39 is 5.41 Å². The SMILES string of the molecule is CC(CO)(CO)CO.C[N+](C)(C)CCO.[Cl-]. The maximum Gasteiger partial charge on any atom is 0.101 e. The number of hydrogen-bond acceptors (Lipinski definition) is 4. The summed E-state index contributed by atoms with van der Waals surface area (Å²) in [4.78, 5) is 0. The molecule has 0 aromatic rings. The van der Waals surface area contributed by atoms with Gasteiger partial charge < -0.3 is 37.3 Å². The molecule has 0 saturated carbocycles. The molecule has 0 heterocycles. The number of rotatable bonds is 5. The Morgan fingerprint density at radius 1 is 0.875 bits per heavy atom. The van der Waals surface area contributed by atoms with Crippen LogP contribution in [0.1, 0.15) is 6.92 Å². The summed E-state index contributed by atoms with van der Waals surface area (Å²) in [5.74, 6) is 0. The van der Waals surface area contributed by atoms with Crippen LogP contribution in [0.2, 0.25) is 0 Å². The van der Waals surface area contributed by atoms with Crippen LogP contribution in [0, 0.1) is 5.41 Å². The monoisotopic (exact) mass is 259 g/mol. The lowest BCUT2D eigenvalue weighted by molar-refractivity contribution is -0.870. The van der Waals surface area contributed by atoms with Crippen LogP contribution >= 0.6 is 0 Å². The predicted molar refractivity (Wildman–Crippen MR) is 59.3 cm³/mol. The van der Waals surface area contributed by atoms with Gasteiger partial charge in [0.05, 0.1) is 47.6 Å². The zero-order chi connectivity index (χ0) is 12.5. The van der Waals surface area contributed by atoms with Gasteiger partial charge in [0.1, 0.15) is 6.54 Å². The highest BCUT2D eigenvalue weighted by Crippen LogP contribution is 2.10. The summed E-state index contributed by atoms with van der Waals surface area (Å²) in [6.45, 7) is 2.18. The molecule has 5 nitrogen and oxygen atoms in total. The standard InChI is InChI=1S/C5H14NO.C5H12O3.ClH/c1-6(2,3)4-5-7;1-5(2-6,3-7)4-8;/h7H,4-5H2,1-3H3;6-8H,2-4H2,1H3;1H/q+1;;/p-1. The molecule has 0 aliphatic heterocycles. The highest BCUT2D eigenvalue weighted by atomic mass is 35.5. The smallest absolute Gasteiger partial charge is 0.101 e. The molecular formula is C10H26ClNO4. The Bertz CT molecular complexity index is 138. The van der Waals surface area contributed by atoms with E-state index in [1.807, 2.05) is 0 Å². The Morgan fingerprint density at radius 3 is 1.19 bits per heavy atom. The number of likely N-dealkylation sites (N-methyl/N-ethyl adjacent to an activating group) is 1. The van der Waals surface area contributed by atoms with Crippen molar-refractivity contribution in [1.29, 1.82) is 0 Å². The average molecular weight is 260 g/mol. The summed E-state index contributed by atoms with van der Waals surface area (Å²) in [5.41, 5.74) is -0.708. The molecule has 0 atom stereocenters. The highest BCUT2D eigenvalue weighted by Gasteiger charge is 2.20. The Labute approximate surface area is 104 Å². The van der Waals surface area contributed by atoms with Crippen LogP contribution in [-0.2, 0) is 0 Å². The summed E-state index contributed by atoms with van der Waals surface area (Å²) in [5, 5.41) is 33.8. The second kappa shape index (κ2) is 10.3. The minimum Gasteiger partial charge on any atom is -1.00 e. The second-order valence-corrected chi connectivity index (χ2v) is 5.02. The number of aliphatic hydroxyl groups excluding tert-OH is 4. The van der Waals surface area contributed by atoms with E-state index in [0.717, 1.165) is 11.0 Å². The van der Waals surface area contributed by atoms with E-state index in [9.17, 15) is 0 Å². The van der Waals surface area contributed by atoms with Gasteiger partial charge >= 0.3 is 0 Å². The summed E-state index contributed by atoms with van der Waals surface area (Å²) in [7, 11) is 6.16. The summed E-state index contributed by atoms with van der Waals surface area (Å²) in [6.07, 6.45) is 0. The molecule has 0 radical (unpaired) electrons. The predicted octanol–water partition coefficient (Wildman–Crippen LogP) is -4.34. The van der Waals surface area contributed by atoms with Crippen LogP contribution < -0.4 is 12.4 Å².